The maximum atomic E-state index is 13.4. The van der Waals surface area contributed by atoms with Crippen molar-refractivity contribution in [2.45, 2.75) is 49.9 Å². The van der Waals surface area contributed by atoms with Gasteiger partial charge in [0.1, 0.15) is 5.75 Å². The van der Waals surface area contributed by atoms with E-state index in [1.807, 2.05) is 35.2 Å². The Morgan fingerprint density at radius 1 is 0.949 bits per heavy atom. The zero-order valence-electron chi connectivity index (χ0n) is 22.1. The molecule has 0 bridgehead atoms. The van der Waals surface area contributed by atoms with Crippen molar-refractivity contribution in [3.8, 4) is 5.75 Å². The number of hydrogen-bond donors (Lipinski definition) is 1. The van der Waals surface area contributed by atoms with E-state index in [9.17, 15) is 26.7 Å². The lowest BCUT2D eigenvalue weighted by atomic mass is 9.98. The fraction of sp³-hybridized carbons (Fsp3) is 0.379. The first-order chi connectivity index (χ1) is 18.2. The molecule has 39 heavy (non-hydrogen) atoms. The summed E-state index contributed by atoms with van der Waals surface area (Å²) in [6.07, 6.45) is -2.23. The molecule has 0 radical (unpaired) electrons. The molecule has 0 aliphatic rings. The van der Waals surface area contributed by atoms with E-state index in [2.05, 4.69) is 0 Å². The highest BCUT2D eigenvalue weighted by Crippen LogP contribution is 2.36. The van der Waals surface area contributed by atoms with Gasteiger partial charge in [-0.05, 0) is 56.0 Å². The Balaban J connectivity index is 1.71. The van der Waals surface area contributed by atoms with Crippen molar-refractivity contribution in [3.63, 3.8) is 0 Å². The predicted molar refractivity (Wildman–Crippen MR) is 147 cm³/mol. The zero-order chi connectivity index (χ0) is 28.8. The van der Waals surface area contributed by atoms with Gasteiger partial charge < -0.3 is 9.84 Å². The lowest BCUT2D eigenvalue weighted by molar-refractivity contribution is -0.137. The fourth-order valence-corrected chi connectivity index (χ4v) is 5.59. The van der Waals surface area contributed by atoms with Gasteiger partial charge in [0.2, 0.25) is 0 Å². The molecule has 0 aliphatic carbocycles. The Labute approximate surface area is 233 Å². The molecule has 3 aromatic rings. The van der Waals surface area contributed by atoms with Crippen molar-refractivity contribution in [1.29, 1.82) is 0 Å². The topological polar surface area (TPSA) is 66.8 Å². The first-order valence-corrected chi connectivity index (χ1v) is 14.7. The molecular formula is C29H33ClF3NO4S. The van der Waals surface area contributed by atoms with E-state index < -0.39 is 27.2 Å². The van der Waals surface area contributed by atoms with Crippen LogP contribution in [0.15, 0.2) is 71.6 Å². The van der Waals surface area contributed by atoms with Crippen molar-refractivity contribution in [3.05, 3.63) is 94.0 Å². The normalized spacial score (nSPS) is 12.6. The predicted octanol–water partition coefficient (Wildman–Crippen LogP) is 6.50. The van der Waals surface area contributed by atoms with Crippen LogP contribution in [0, 0.1) is 0 Å². The van der Waals surface area contributed by atoms with Gasteiger partial charge in [-0.25, -0.2) is 8.42 Å². The van der Waals surface area contributed by atoms with Crippen molar-refractivity contribution in [1.82, 2.24) is 4.90 Å². The van der Waals surface area contributed by atoms with Gasteiger partial charge in [-0.3, -0.25) is 4.90 Å². The van der Waals surface area contributed by atoms with Gasteiger partial charge in [0, 0.05) is 31.5 Å². The van der Waals surface area contributed by atoms with Crippen LogP contribution in [0.25, 0.3) is 0 Å². The standard InChI is InChI=1S/C29H33ClF3NO4S/c1-28(2,35)24-14-13-23(19-26(24)39(3,36)37)38-18-8-16-34(17-15-21-9-5-4-6-10-21)20-22-11-7-12-25(27(22)30)29(31,32)33/h4-7,9-14,19,35H,8,15-18,20H2,1-3H3. The van der Waals surface area contributed by atoms with E-state index in [-0.39, 0.29) is 28.6 Å². The minimum Gasteiger partial charge on any atom is -0.494 e. The summed E-state index contributed by atoms with van der Waals surface area (Å²) < 4.78 is 70.5. The van der Waals surface area contributed by atoms with Crippen LogP contribution in [0.2, 0.25) is 5.02 Å². The molecule has 1 N–H and O–H groups in total. The summed E-state index contributed by atoms with van der Waals surface area (Å²) in [5.74, 6) is 0.347. The van der Waals surface area contributed by atoms with Crippen LogP contribution < -0.4 is 4.74 Å². The number of hydrogen-bond acceptors (Lipinski definition) is 5. The van der Waals surface area contributed by atoms with E-state index in [1.54, 1.807) is 12.1 Å². The van der Waals surface area contributed by atoms with E-state index >= 15 is 0 Å². The van der Waals surface area contributed by atoms with Crippen LogP contribution in [0.5, 0.6) is 5.75 Å². The molecule has 0 aromatic heterocycles. The summed E-state index contributed by atoms with van der Waals surface area (Å²) in [6, 6.07) is 18.3. The molecular weight excluding hydrogens is 551 g/mol. The molecule has 0 saturated heterocycles. The second kappa shape index (κ2) is 12.7. The summed E-state index contributed by atoms with van der Waals surface area (Å²) in [7, 11) is -3.61. The third-order valence-electron chi connectivity index (χ3n) is 6.24. The van der Waals surface area contributed by atoms with E-state index in [0.29, 0.717) is 37.2 Å². The molecule has 0 unspecified atom stereocenters. The van der Waals surface area contributed by atoms with E-state index in [1.165, 1.54) is 32.0 Å². The highest BCUT2D eigenvalue weighted by Gasteiger charge is 2.34. The van der Waals surface area contributed by atoms with Crippen LogP contribution in [-0.4, -0.2) is 44.4 Å². The van der Waals surface area contributed by atoms with Gasteiger partial charge >= 0.3 is 6.18 Å². The average molecular weight is 584 g/mol. The molecule has 10 heteroatoms. The van der Waals surface area contributed by atoms with Crippen LogP contribution in [0.1, 0.15) is 42.5 Å². The maximum absolute atomic E-state index is 13.4. The lowest BCUT2D eigenvalue weighted by Crippen LogP contribution is -2.28. The Morgan fingerprint density at radius 3 is 2.26 bits per heavy atom. The van der Waals surface area contributed by atoms with Crippen molar-refractivity contribution < 1.29 is 31.4 Å². The number of nitrogens with zero attached hydrogens (tertiary/aromatic N) is 1. The number of alkyl halides is 3. The monoisotopic (exact) mass is 583 g/mol. The van der Waals surface area contributed by atoms with Crippen LogP contribution in [-0.2, 0) is 34.6 Å². The van der Waals surface area contributed by atoms with E-state index in [0.717, 1.165) is 17.9 Å². The molecule has 0 spiro atoms. The molecule has 0 heterocycles. The fourth-order valence-electron chi connectivity index (χ4n) is 4.25. The Bertz CT molecular complexity index is 1360. The molecule has 0 saturated carbocycles. The zero-order valence-corrected chi connectivity index (χ0v) is 23.7. The van der Waals surface area contributed by atoms with Gasteiger partial charge in [-0.2, -0.15) is 13.2 Å². The minimum atomic E-state index is -4.54. The van der Waals surface area contributed by atoms with Gasteiger partial charge in [0.25, 0.3) is 0 Å². The first-order valence-electron chi connectivity index (χ1n) is 12.5. The van der Waals surface area contributed by atoms with Gasteiger partial charge in [-0.15, -0.1) is 0 Å². The largest absolute Gasteiger partial charge is 0.494 e. The number of aliphatic hydroxyl groups is 1. The lowest BCUT2D eigenvalue weighted by Gasteiger charge is -2.24. The summed E-state index contributed by atoms with van der Waals surface area (Å²) in [5.41, 5.74) is -0.429. The second-order valence-corrected chi connectivity index (χ2v) is 12.3. The molecule has 212 valence electrons. The maximum Gasteiger partial charge on any atom is 0.417 e. The molecule has 0 atom stereocenters. The molecule has 0 fully saturated rings. The highest BCUT2D eigenvalue weighted by atomic mass is 35.5. The number of ether oxygens (including phenoxy) is 1. The highest BCUT2D eigenvalue weighted by molar-refractivity contribution is 7.90. The summed E-state index contributed by atoms with van der Waals surface area (Å²) >= 11 is 6.15. The van der Waals surface area contributed by atoms with Gasteiger partial charge in [-0.1, -0.05) is 60.1 Å². The summed E-state index contributed by atoms with van der Waals surface area (Å²) in [5, 5.41) is 10.1. The van der Waals surface area contributed by atoms with Crippen LogP contribution in [0.4, 0.5) is 13.2 Å². The number of benzene rings is 3. The third-order valence-corrected chi connectivity index (χ3v) is 7.82. The smallest absolute Gasteiger partial charge is 0.417 e. The molecule has 3 rings (SSSR count). The van der Waals surface area contributed by atoms with Crippen LogP contribution in [0.3, 0.4) is 0 Å². The van der Waals surface area contributed by atoms with Gasteiger partial charge in [0.05, 0.1) is 27.7 Å². The Kier molecular flexibility index (Phi) is 10.1. The van der Waals surface area contributed by atoms with Crippen molar-refractivity contribution in [2.75, 3.05) is 26.0 Å². The SMILES string of the molecule is CC(C)(O)c1ccc(OCCCN(CCc2ccccc2)Cc2cccc(C(F)(F)F)c2Cl)cc1S(C)(=O)=O. The first kappa shape index (κ1) is 30.9. The minimum absolute atomic E-state index is 0.00354. The van der Waals surface area contributed by atoms with Crippen molar-refractivity contribution in [2.24, 2.45) is 0 Å². The molecule has 0 aliphatic heterocycles. The summed E-state index contributed by atoms with van der Waals surface area (Å²) in [4.78, 5) is 2.02. The van der Waals surface area contributed by atoms with E-state index in [4.69, 9.17) is 16.3 Å². The molecule has 0 amide bonds. The molecule has 3 aromatic carbocycles. The quantitative estimate of drug-likeness (QED) is 0.246. The Hall–Kier alpha value is -2.59. The summed E-state index contributed by atoms with van der Waals surface area (Å²) in [6.45, 7) is 4.61. The van der Waals surface area contributed by atoms with Gasteiger partial charge in [0.15, 0.2) is 9.84 Å². The van der Waals surface area contributed by atoms with Crippen molar-refractivity contribution >= 4 is 21.4 Å². The second-order valence-electron chi connectivity index (χ2n) is 9.98. The molecule has 5 nitrogen and oxygen atoms in total. The van der Waals surface area contributed by atoms with Crippen LogP contribution >= 0.6 is 11.6 Å². The Morgan fingerprint density at radius 2 is 1.64 bits per heavy atom. The number of halogens is 4. The average Bonchev–Trinajstić information content (AvgIpc) is 2.84. The third kappa shape index (κ3) is 8.96. The number of sulfone groups is 1. The number of rotatable bonds is 12.